The van der Waals surface area contributed by atoms with Crippen LogP contribution < -0.4 is 0 Å². The first-order chi connectivity index (χ1) is 7.83. The maximum atomic E-state index is 12.2. The number of carbonyl (C=O) groups is 1. The van der Waals surface area contributed by atoms with Crippen molar-refractivity contribution in [1.82, 2.24) is 0 Å². The van der Waals surface area contributed by atoms with Gasteiger partial charge in [-0.3, -0.25) is 4.79 Å². The van der Waals surface area contributed by atoms with Gasteiger partial charge in [0.05, 0.1) is 0 Å². The summed E-state index contributed by atoms with van der Waals surface area (Å²) in [6.07, 6.45) is 0. The highest BCUT2D eigenvalue weighted by atomic mass is 79.9. The minimum absolute atomic E-state index is 0.0793. The predicted octanol–water partition coefficient (Wildman–Crippen LogP) is 3.81. The number of hydrogen-bond acceptors (Lipinski definition) is 1. The number of ketones is 1. The first-order valence-electron chi connectivity index (χ1n) is 5.06. The van der Waals surface area contributed by atoms with E-state index in [0.29, 0.717) is 5.33 Å². The Morgan fingerprint density at radius 3 is 2.25 bits per heavy atom. The summed E-state index contributed by atoms with van der Waals surface area (Å²) < 4.78 is 0. The van der Waals surface area contributed by atoms with Gasteiger partial charge in [0.1, 0.15) is 0 Å². The minimum Gasteiger partial charge on any atom is -0.289 e. The molecule has 0 fully saturated rings. The lowest BCUT2D eigenvalue weighted by Crippen LogP contribution is -2.04. The molecular formula is C14H11BrO. The van der Waals surface area contributed by atoms with Gasteiger partial charge in [0.2, 0.25) is 0 Å². The van der Waals surface area contributed by atoms with Crippen molar-refractivity contribution in [3.05, 3.63) is 71.3 Å². The van der Waals surface area contributed by atoms with Gasteiger partial charge in [-0.2, -0.15) is 0 Å². The van der Waals surface area contributed by atoms with Crippen molar-refractivity contribution in [3.63, 3.8) is 0 Å². The molecule has 0 heterocycles. The molecular weight excluding hydrogens is 264 g/mol. The molecule has 0 unspecified atom stereocenters. The molecule has 0 radical (unpaired) electrons. The Morgan fingerprint density at radius 1 is 0.938 bits per heavy atom. The molecule has 2 rings (SSSR count). The van der Waals surface area contributed by atoms with Crippen LogP contribution in [0.4, 0.5) is 0 Å². The highest BCUT2D eigenvalue weighted by Crippen LogP contribution is 2.16. The molecule has 0 saturated heterocycles. The van der Waals surface area contributed by atoms with Gasteiger partial charge in [0.25, 0.3) is 0 Å². The quantitative estimate of drug-likeness (QED) is 0.615. The van der Waals surface area contributed by atoms with Gasteiger partial charge in [-0.1, -0.05) is 70.5 Å². The summed E-state index contributed by atoms with van der Waals surface area (Å²) in [5.41, 5.74) is 2.53. The van der Waals surface area contributed by atoms with Crippen LogP contribution in [0.1, 0.15) is 21.5 Å². The van der Waals surface area contributed by atoms with Gasteiger partial charge < -0.3 is 0 Å². The van der Waals surface area contributed by atoms with E-state index in [-0.39, 0.29) is 5.78 Å². The van der Waals surface area contributed by atoms with Crippen LogP contribution in [0.25, 0.3) is 0 Å². The van der Waals surface area contributed by atoms with E-state index >= 15 is 0 Å². The Hall–Kier alpha value is -1.41. The van der Waals surface area contributed by atoms with Crippen molar-refractivity contribution in [2.75, 3.05) is 0 Å². The molecule has 0 N–H and O–H groups in total. The minimum atomic E-state index is 0.0793. The zero-order valence-corrected chi connectivity index (χ0v) is 10.3. The fraction of sp³-hybridized carbons (Fsp3) is 0.0714. The molecule has 0 atom stereocenters. The van der Waals surface area contributed by atoms with Crippen LogP contribution in [0.5, 0.6) is 0 Å². The van der Waals surface area contributed by atoms with E-state index in [1.807, 2.05) is 54.6 Å². The van der Waals surface area contributed by atoms with Gasteiger partial charge in [-0.05, 0) is 5.56 Å². The van der Waals surface area contributed by atoms with Crippen molar-refractivity contribution < 1.29 is 4.79 Å². The molecule has 2 aromatic rings. The van der Waals surface area contributed by atoms with Crippen molar-refractivity contribution in [2.45, 2.75) is 5.33 Å². The molecule has 80 valence electrons. The fourth-order valence-electron chi connectivity index (χ4n) is 1.60. The zero-order valence-electron chi connectivity index (χ0n) is 8.69. The number of halogens is 1. The molecule has 0 saturated carbocycles. The lowest BCUT2D eigenvalue weighted by Gasteiger charge is -2.05. The molecule has 16 heavy (non-hydrogen) atoms. The number of carbonyl (C=O) groups excluding carboxylic acids is 1. The zero-order chi connectivity index (χ0) is 11.4. The van der Waals surface area contributed by atoms with E-state index in [1.54, 1.807) is 0 Å². The molecule has 0 amide bonds. The Bertz CT molecular complexity index is 491. The van der Waals surface area contributed by atoms with Gasteiger partial charge in [0, 0.05) is 16.5 Å². The third kappa shape index (κ3) is 2.22. The first-order valence-corrected chi connectivity index (χ1v) is 6.18. The molecule has 2 aromatic carbocycles. The third-order valence-electron chi connectivity index (χ3n) is 2.44. The Labute approximate surface area is 103 Å². The van der Waals surface area contributed by atoms with Gasteiger partial charge in [-0.25, -0.2) is 0 Å². The molecule has 0 spiro atoms. The topological polar surface area (TPSA) is 17.1 Å². The van der Waals surface area contributed by atoms with Crippen molar-refractivity contribution in [2.24, 2.45) is 0 Å². The van der Waals surface area contributed by atoms with E-state index in [0.717, 1.165) is 16.7 Å². The summed E-state index contributed by atoms with van der Waals surface area (Å²) in [5, 5.41) is 0.696. The number of alkyl halides is 1. The van der Waals surface area contributed by atoms with Crippen molar-refractivity contribution in [3.8, 4) is 0 Å². The van der Waals surface area contributed by atoms with E-state index in [9.17, 15) is 4.79 Å². The van der Waals surface area contributed by atoms with Crippen LogP contribution in [0, 0.1) is 0 Å². The summed E-state index contributed by atoms with van der Waals surface area (Å²) in [6, 6.07) is 17.0. The second kappa shape index (κ2) is 5.08. The normalized spacial score (nSPS) is 10.1. The predicted molar refractivity (Wildman–Crippen MR) is 68.9 cm³/mol. The fourth-order valence-corrected chi connectivity index (χ4v) is 2.09. The van der Waals surface area contributed by atoms with Crippen LogP contribution in [0.3, 0.4) is 0 Å². The van der Waals surface area contributed by atoms with Crippen LogP contribution in [0.15, 0.2) is 54.6 Å². The average Bonchev–Trinajstić information content (AvgIpc) is 2.39. The summed E-state index contributed by atoms with van der Waals surface area (Å²) >= 11 is 3.40. The standard InChI is InChI=1S/C14H11BrO/c15-10-12-8-4-5-9-13(12)14(16)11-6-2-1-3-7-11/h1-9H,10H2. The van der Waals surface area contributed by atoms with E-state index in [1.165, 1.54) is 0 Å². The van der Waals surface area contributed by atoms with Crippen LogP contribution in [-0.4, -0.2) is 5.78 Å². The number of benzene rings is 2. The summed E-state index contributed by atoms with van der Waals surface area (Å²) in [5.74, 6) is 0.0793. The van der Waals surface area contributed by atoms with Crippen LogP contribution in [-0.2, 0) is 5.33 Å². The number of rotatable bonds is 3. The molecule has 0 bridgehead atoms. The average molecular weight is 275 g/mol. The van der Waals surface area contributed by atoms with Crippen LogP contribution in [0.2, 0.25) is 0 Å². The molecule has 0 aliphatic rings. The monoisotopic (exact) mass is 274 g/mol. The smallest absolute Gasteiger partial charge is 0.193 e. The summed E-state index contributed by atoms with van der Waals surface area (Å²) in [4.78, 5) is 12.2. The highest BCUT2D eigenvalue weighted by molar-refractivity contribution is 9.08. The van der Waals surface area contributed by atoms with Crippen LogP contribution >= 0.6 is 15.9 Å². The molecule has 0 aromatic heterocycles. The lowest BCUT2D eigenvalue weighted by atomic mass is 9.99. The first kappa shape index (κ1) is 11.1. The Kier molecular flexibility index (Phi) is 3.52. The molecule has 0 aliphatic carbocycles. The SMILES string of the molecule is O=C(c1ccccc1)c1ccccc1CBr. The summed E-state index contributed by atoms with van der Waals surface area (Å²) in [6.45, 7) is 0. The Morgan fingerprint density at radius 2 is 1.56 bits per heavy atom. The molecule has 1 nitrogen and oxygen atoms in total. The second-order valence-electron chi connectivity index (χ2n) is 3.49. The highest BCUT2D eigenvalue weighted by Gasteiger charge is 2.11. The van der Waals surface area contributed by atoms with Gasteiger partial charge >= 0.3 is 0 Å². The molecule has 2 heteroatoms. The van der Waals surface area contributed by atoms with E-state index < -0.39 is 0 Å². The number of hydrogen-bond donors (Lipinski definition) is 0. The van der Waals surface area contributed by atoms with Gasteiger partial charge in [0.15, 0.2) is 5.78 Å². The van der Waals surface area contributed by atoms with Crippen molar-refractivity contribution >= 4 is 21.7 Å². The third-order valence-corrected chi connectivity index (χ3v) is 3.05. The Balaban J connectivity index is 2.42. The maximum absolute atomic E-state index is 12.2. The summed E-state index contributed by atoms with van der Waals surface area (Å²) in [7, 11) is 0. The van der Waals surface area contributed by atoms with Gasteiger partial charge in [-0.15, -0.1) is 0 Å². The van der Waals surface area contributed by atoms with Crippen molar-refractivity contribution in [1.29, 1.82) is 0 Å². The van der Waals surface area contributed by atoms with E-state index in [2.05, 4.69) is 15.9 Å². The second-order valence-corrected chi connectivity index (χ2v) is 4.05. The maximum Gasteiger partial charge on any atom is 0.193 e. The van der Waals surface area contributed by atoms with E-state index in [4.69, 9.17) is 0 Å². The molecule has 0 aliphatic heterocycles. The lowest BCUT2D eigenvalue weighted by molar-refractivity contribution is 0.103. The largest absolute Gasteiger partial charge is 0.289 e.